The Balaban J connectivity index is 1.86. The van der Waals surface area contributed by atoms with Gasteiger partial charge in [-0.25, -0.2) is 0 Å². The fourth-order valence-electron chi connectivity index (χ4n) is 3.38. The van der Waals surface area contributed by atoms with Crippen molar-refractivity contribution in [1.29, 1.82) is 0 Å². The van der Waals surface area contributed by atoms with E-state index in [0.717, 1.165) is 38.6 Å². The molecule has 24 heavy (non-hydrogen) atoms. The summed E-state index contributed by atoms with van der Waals surface area (Å²) in [6.07, 6.45) is 5.60. The quantitative estimate of drug-likeness (QED) is 0.427. The molecule has 0 N–H and O–H groups in total. The van der Waals surface area contributed by atoms with E-state index >= 15 is 0 Å². The number of hydrogen-bond acceptors (Lipinski definition) is 3. The van der Waals surface area contributed by atoms with Gasteiger partial charge in [-0.05, 0) is 30.7 Å². The number of benzene rings is 2. The molecule has 0 spiro atoms. The molecule has 0 aliphatic rings. The van der Waals surface area contributed by atoms with Crippen molar-refractivity contribution in [2.45, 2.75) is 6.92 Å². The van der Waals surface area contributed by atoms with Gasteiger partial charge >= 0.3 is 0 Å². The summed E-state index contributed by atoms with van der Waals surface area (Å²) in [5.74, 6) is 0.582. The zero-order chi connectivity index (χ0) is 16.3. The summed E-state index contributed by atoms with van der Waals surface area (Å²) in [4.78, 5) is 4.25. The highest BCUT2D eigenvalue weighted by Gasteiger charge is 2.19. The third-order valence-electron chi connectivity index (χ3n) is 4.59. The van der Waals surface area contributed by atoms with Crippen molar-refractivity contribution in [3.8, 4) is 11.3 Å². The van der Waals surface area contributed by atoms with E-state index in [2.05, 4.69) is 34.7 Å². The van der Waals surface area contributed by atoms with Crippen molar-refractivity contribution in [3.05, 3.63) is 60.6 Å². The van der Waals surface area contributed by atoms with Gasteiger partial charge in [0, 0.05) is 10.8 Å². The summed E-state index contributed by atoms with van der Waals surface area (Å²) in [6.45, 7) is 2.11. The first-order chi connectivity index (χ1) is 11.7. The first-order valence-corrected chi connectivity index (χ1v) is 7.87. The van der Waals surface area contributed by atoms with Gasteiger partial charge in [0.15, 0.2) is 6.20 Å². The third kappa shape index (κ3) is 1.74. The molecule has 2 aromatic carbocycles. The first-order valence-electron chi connectivity index (χ1n) is 7.87. The summed E-state index contributed by atoms with van der Waals surface area (Å²) in [7, 11) is 2.02. The lowest BCUT2D eigenvalue weighted by Gasteiger charge is -2.04. The van der Waals surface area contributed by atoms with E-state index in [0.29, 0.717) is 5.78 Å². The topological polar surface area (TPSA) is 43.0 Å². The molecule has 116 valence electrons. The second-order valence-corrected chi connectivity index (χ2v) is 6.10. The number of aryl methyl sites for hydroxylation is 2. The van der Waals surface area contributed by atoms with E-state index in [1.54, 1.807) is 6.20 Å². The normalized spacial score (nSPS) is 11.8. The van der Waals surface area contributed by atoms with Crippen molar-refractivity contribution in [2.24, 2.45) is 7.05 Å². The smallest absolute Gasteiger partial charge is 0.299 e. The first kappa shape index (κ1) is 13.3. The average molecular weight is 315 g/mol. The van der Waals surface area contributed by atoms with Crippen molar-refractivity contribution >= 4 is 33.1 Å². The van der Waals surface area contributed by atoms with Crippen LogP contribution in [0.5, 0.6) is 0 Å². The highest BCUT2D eigenvalue weighted by molar-refractivity contribution is 6.17. The van der Waals surface area contributed by atoms with Crippen LogP contribution in [0, 0.1) is 6.92 Å². The van der Waals surface area contributed by atoms with Crippen LogP contribution in [0.15, 0.2) is 63.8 Å². The Kier molecular flexibility index (Phi) is 2.59. The van der Waals surface area contributed by atoms with Gasteiger partial charge in [0.05, 0.1) is 23.3 Å². The van der Waals surface area contributed by atoms with E-state index in [1.807, 2.05) is 37.6 Å². The Labute approximate surface area is 138 Å². The molecule has 3 aromatic heterocycles. The van der Waals surface area contributed by atoms with Crippen molar-refractivity contribution in [2.75, 3.05) is 0 Å². The SMILES string of the molecule is Cc1cc2c(cc1-c1cncc[n+]1C)oc1oc3ccccc3c12. The van der Waals surface area contributed by atoms with E-state index in [-0.39, 0.29) is 0 Å². The van der Waals surface area contributed by atoms with Crippen molar-refractivity contribution in [1.82, 2.24) is 4.98 Å². The van der Waals surface area contributed by atoms with Gasteiger partial charge in [0.2, 0.25) is 5.69 Å². The maximum absolute atomic E-state index is 6.00. The van der Waals surface area contributed by atoms with Crippen molar-refractivity contribution in [3.63, 3.8) is 0 Å². The summed E-state index contributed by atoms with van der Waals surface area (Å²) in [5, 5.41) is 3.22. The summed E-state index contributed by atoms with van der Waals surface area (Å²) in [6, 6.07) is 12.3. The van der Waals surface area contributed by atoms with Gasteiger partial charge in [0.25, 0.3) is 5.78 Å². The molecule has 4 nitrogen and oxygen atoms in total. The highest BCUT2D eigenvalue weighted by atomic mass is 16.5. The monoisotopic (exact) mass is 315 g/mol. The second kappa shape index (κ2) is 4.68. The Morgan fingerprint density at radius 3 is 2.71 bits per heavy atom. The van der Waals surface area contributed by atoms with Crippen LogP contribution in [0.3, 0.4) is 0 Å². The molecule has 0 atom stereocenters. The molecule has 0 unspecified atom stereocenters. The molecule has 0 saturated heterocycles. The van der Waals surface area contributed by atoms with Gasteiger partial charge in [-0.3, -0.25) is 4.98 Å². The maximum atomic E-state index is 6.00. The van der Waals surface area contributed by atoms with Crippen LogP contribution in [-0.4, -0.2) is 4.98 Å². The fraction of sp³-hybridized carbons (Fsp3) is 0.100. The van der Waals surface area contributed by atoms with E-state index in [4.69, 9.17) is 8.83 Å². The van der Waals surface area contributed by atoms with E-state index in [9.17, 15) is 0 Å². The van der Waals surface area contributed by atoms with Crippen molar-refractivity contribution < 1.29 is 13.4 Å². The van der Waals surface area contributed by atoms with Crippen LogP contribution in [-0.2, 0) is 7.05 Å². The van der Waals surface area contributed by atoms with Crippen LogP contribution < -0.4 is 4.57 Å². The van der Waals surface area contributed by atoms with Crippen LogP contribution in [0.25, 0.3) is 44.4 Å². The number of aromatic nitrogens is 2. The summed E-state index contributed by atoms with van der Waals surface area (Å²) in [5.41, 5.74) is 5.03. The standard InChI is InChI=1S/C20H15N2O2/c1-12-9-15-18(10-14(12)16-11-21-7-8-22(16)2)24-20-19(15)13-5-3-4-6-17(13)23-20/h3-11H,1-2H3/q+1. The van der Waals surface area contributed by atoms with Gasteiger partial charge < -0.3 is 8.83 Å². The lowest BCUT2D eigenvalue weighted by atomic mass is 10.0. The zero-order valence-electron chi connectivity index (χ0n) is 13.4. The van der Waals surface area contributed by atoms with Gasteiger partial charge in [-0.2, -0.15) is 4.57 Å². The predicted molar refractivity (Wildman–Crippen MR) is 92.6 cm³/mol. The molecule has 0 aliphatic heterocycles. The second-order valence-electron chi connectivity index (χ2n) is 6.10. The lowest BCUT2D eigenvalue weighted by Crippen LogP contribution is -2.30. The fourth-order valence-corrected chi connectivity index (χ4v) is 3.38. The van der Waals surface area contributed by atoms with E-state index in [1.165, 1.54) is 5.56 Å². The van der Waals surface area contributed by atoms with Crippen LogP contribution >= 0.6 is 0 Å². The zero-order valence-corrected chi connectivity index (χ0v) is 13.4. The van der Waals surface area contributed by atoms with Crippen LogP contribution in [0.1, 0.15) is 5.56 Å². The van der Waals surface area contributed by atoms with Crippen LogP contribution in [0.4, 0.5) is 0 Å². The maximum Gasteiger partial charge on any atom is 0.299 e. The molecule has 0 aliphatic carbocycles. The summed E-state index contributed by atoms with van der Waals surface area (Å²) < 4.78 is 13.9. The number of hydrogen-bond donors (Lipinski definition) is 0. The minimum atomic E-state index is 0.582. The Morgan fingerprint density at radius 2 is 1.83 bits per heavy atom. The molecule has 0 fully saturated rings. The van der Waals surface area contributed by atoms with Gasteiger partial charge in [-0.1, -0.05) is 18.2 Å². The van der Waals surface area contributed by atoms with Gasteiger partial charge in [-0.15, -0.1) is 0 Å². The minimum Gasteiger partial charge on any atom is -0.425 e. The number of para-hydroxylation sites is 1. The molecular weight excluding hydrogens is 300 g/mol. The summed E-state index contributed by atoms with van der Waals surface area (Å²) >= 11 is 0. The molecule has 0 amide bonds. The minimum absolute atomic E-state index is 0.582. The molecule has 4 heteroatoms. The number of furan rings is 2. The van der Waals surface area contributed by atoms with Crippen LogP contribution in [0.2, 0.25) is 0 Å². The lowest BCUT2D eigenvalue weighted by molar-refractivity contribution is -0.660. The molecule has 0 saturated carbocycles. The molecular formula is C20H15N2O2+. The molecule has 0 radical (unpaired) electrons. The molecule has 5 aromatic rings. The predicted octanol–water partition coefficient (Wildman–Crippen LogP) is 4.53. The Morgan fingerprint density at radius 1 is 1.00 bits per heavy atom. The Bertz CT molecular complexity index is 1230. The molecule has 5 rings (SSSR count). The number of nitrogens with zero attached hydrogens (tertiary/aromatic N) is 2. The Hall–Kier alpha value is -3.14. The van der Waals surface area contributed by atoms with Gasteiger partial charge in [0.1, 0.15) is 18.2 Å². The molecule has 3 heterocycles. The number of rotatable bonds is 1. The molecule has 0 bridgehead atoms. The largest absolute Gasteiger partial charge is 0.425 e. The highest BCUT2D eigenvalue weighted by Crippen LogP contribution is 2.39. The number of fused-ring (bicyclic) bond motifs is 5. The van der Waals surface area contributed by atoms with E-state index < -0.39 is 0 Å². The average Bonchev–Trinajstić information content (AvgIpc) is 3.10. The third-order valence-corrected chi connectivity index (χ3v) is 4.59.